The van der Waals surface area contributed by atoms with E-state index in [4.69, 9.17) is 5.73 Å². The topological polar surface area (TPSA) is 72.5 Å². The third kappa shape index (κ3) is 4.55. The number of fused-ring (bicyclic) bond motifs is 1. The van der Waals surface area contributed by atoms with Crippen molar-refractivity contribution in [3.8, 4) is 16.9 Å². The molecule has 12 heteroatoms. The molecule has 0 spiro atoms. The molecule has 0 aliphatic rings. The lowest BCUT2D eigenvalue weighted by molar-refractivity contribution is -0.348. The maximum Gasteiger partial charge on any atom is 0.435 e. The summed E-state index contributed by atoms with van der Waals surface area (Å²) in [6.45, 7) is 5.09. The molecule has 204 valence electrons. The molecule has 2 heterocycles. The van der Waals surface area contributed by atoms with E-state index in [0.717, 1.165) is 11.3 Å². The summed E-state index contributed by atoms with van der Waals surface area (Å²) in [6, 6.07) is 6.52. The van der Waals surface area contributed by atoms with Crippen molar-refractivity contribution in [1.29, 1.82) is 0 Å². The normalized spacial score (nSPS) is 13.9. The molecule has 1 unspecified atom stereocenters. The van der Waals surface area contributed by atoms with Gasteiger partial charge in [0.25, 0.3) is 0 Å². The molecule has 4 rings (SSSR count). The molecule has 0 saturated heterocycles. The van der Waals surface area contributed by atoms with E-state index in [1.54, 1.807) is 30.7 Å². The largest absolute Gasteiger partial charge is 0.435 e. The molecule has 0 aliphatic carbocycles. The van der Waals surface area contributed by atoms with Crippen LogP contribution in [0, 0.1) is 6.92 Å². The van der Waals surface area contributed by atoms with Crippen LogP contribution in [0.5, 0.6) is 0 Å². The van der Waals surface area contributed by atoms with Gasteiger partial charge in [-0.15, -0.1) is 0 Å². The molecule has 1 atom stereocenters. The number of alkyl halides is 7. The highest BCUT2D eigenvalue weighted by Gasteiger charge is 2.73. The Balaban J connectivity index is 1.93. The van der Waals surface area contributed by atoms with E-state index in [2.05, 4.69) is 15.1 Å². The Labute approximate surface area is 213 Å². The average molecular weight is 542 g/mol. The summed E-state index contributed by atoms with van der Waals surface area (Å²) >= 11 is 0. The number of hydrogen-bond donors (Lipinski definition) is 2. The summed E-state index contributed by atoms with van der Waals surface area (Å²) in [7, 11) is 0. The van der Waals surface area contributed by atoms with Gasteiger partial charge >= 0.3 is 18.0 Å². The predicted octanol–water partition coefficient (Wildman–Crippen LogP) is 6.86. The molecule has 38 heavy (non-hydrogen) atoms. The zero-order valence-electron chi connectivity index (χ0n) is 20.8. The van der Waals surface area contributed by atoms with Crippen LogP contribution in [-0.4, -0.2) is 38.1 Å². The highest BCUT2D eigenvalue weighted by Crippen LogP contribution is 2.54. The third-order valence-electron chi connectivity index (χ3n) is 6.85. The number of hydrogen-bond acceptors (Lipinski definition) is 3. The average Bonchev–Trinajstić information content (AvgIpc) is 3.50. The Morgan fingerprint density at radius 2 is 1.66 bits per heavy atom. The molecule has 0 amide bonds. The molecule has 4 aromatic rings. The maximum atomic E-state index is 14.9. The van der Waals surface area contributed by atoms with Gasteiger partial charge in [0.05, 0.1) is 5.69 Å². The standard InChI is InChI=1S/C26H26F7N5/c1-4-15-9-18(24(27,25(28,29)30)26(31,32)33)11-20-14(3)22(37-23(15)20)16-6-7-21(38-13-35-12-36-38)17(8-16)10-19(34)5-2/h6-9,11-13,19,37H,4-5,10,34H2,1-3H3. The van der Waals surface area contributed by atoms with Crippen molar-refractivity contribution in [3.05, 3.63) is 65.2 Å². The molecule has 0 aliphatic heterocycles. The highest BCUT2D eigenvalue weighted by molar-refractivity contribution is 5.93. The van der Waals surface area contributed by atoms with Crippen molar-refractivity contribution in [2.45, 2.75) is 64.1 Å². The molecule has 5 nitrogen and oxygen atoms in total. The van der Waals surface area contributed by atoms with Crippen LogP contribution in [0.3, 0.4) is 0 Å². The van der Waals surface area contributed by atoms with Gasteiger partial charge in [0.2, 0.25) is 0 Å². The number of rotatable bonds is 7. The van der Waals surface area contributed by atoms with Gasteiger partial charge in [0.15, 0.2) is 0 Å². The number of aromatic nitrogens is 4. The van der Waals surface area contributed by atoms with Crippen LogP contribution in [0.15, 0.2) is 43.0 Å². The first kappa shape index (κ1) is 27.6. The van der Waals surface area contributed by atoms with Gasteiger partial charge < -0.3 is 10.7 Å². The van der Waals surface area contributed by atoms with Gasteiger partial charge in [-0.05, 0) is 72.7 Å². The van der Waals surface area contributed by atoms with Gasteiger partial charge in [-0.2, -0.15) is 31.4 Å². The van der Waals surface area contributed by atoms with Crippen molar-refractivity contribution >= 4 is 10.9 Å². The summed E-state index contributed by atoms with van der Waals surface area (Å²) in [5, 5.41) is 4.25. The molecule has 0 saturated carbocycles. The fraction of sp³-hybridized carbons (Fsp3) is 0.385. The van der Waals surface area contributed by atoms with Crippen molar-refractivity contribution in [2.24, 2.45) is 5.73 Å². The number of benzene rings is 2. The van der Waals surface area contributed by atoms with E-state index in [0.29, 0.717) is 47.3 Å². The van der Waals surface area contributed by atoms with Crippen LogP contribution in [0.1, 0.15) is 42.5 Å². The van der Waals surface area contributed by atoms with Crippen LogP contribution >= 0.6 is 0 Å². The minimum Gasteiger partial charge on any atom is -0.354 e. The smallest absolute Gasteiger partial charge is 0.354 e. The van der Waals surface area contributed by atoms with Gasteiger partial charge in [0.1, 0.15) is 12.7 Å². The Bertz CT molecular complexity index is 1420. The van der Waals surface area contributed by atoms with Crippen LogP contribution in [0.4, 0.5) is 30.7 Å². The number of nitrogens with two attached hydrogens (primary N) is 1. The second-order valence-electron chi connectivity index (χ2n) is 9.25. The Hall–Kier alpha value is -3.41. The van der Waals surface area contributed by atoms with Gasteiger partial charge in [-0.25, -0.2) is 14.1 Å². The fourth-order valence-electron chi connectivity index (χ4n) is 4.64. The maximum absolute atomic E-state index is 14.9. The summed E-state index contributed by atoms with van der Waals surface area (Å²) in [6.07, 6.45) is -8.19. The Morgan fingerprint density at radius 3 is 2.21 bits per heavy atom. The molecular formula is C26H26F7N5. The second-order valence-corrected chi connectivity index (χ2v) is 9.25. The molecule has 3 N–H and O–H groups in total. The van der Waals surface area contributed by atoms with Crippen LogP contribution in [-0.2, 0) is 18.5 Å². The second kappa shape index (κ2) is 9.72. The first-order valence-electron chi connectivity index (χ1n) is 11.9. The van der Waals surface area contributed by atoms with Crippen molar-refractivity contribution in [3.63, 3.8) is 0 Å². The first-order valence-corrected chi connectivity index (χ1v) is 11.9. The summed E-state index contributed by atoms with van der Waals surface area (Å²) in [4.78, 5) is 7.12. The number of aromatic amines is 1. The van der Waals surface area contributed by atoms with E-state index < -0.39 is 23.6 Å². The number of H-pyrrole nitrogens is 1. The number of nitrogens with zero attached hydrogens (tertiary/aromatic N) is 3. The molecule has 2 aromatic heterocycles. The van der Waals surface area contributed by atoms with Crippen LogP contribution < -0.4 is 5.73 Å². The molecule has 0 fully saturated rings. The van der Waals surface area contributed by atoms with Crippen LogP contribution in [0.25, 0.3) is 27.8 Å². The lowest BCUT2D eigenvalue weighted by Gasteiger charge is -2.30. The third-order valence-corrected chi connectivity index (χ3v) is 6.85. The Morgan fingerprint density at radius 1 is 0.974 bits per heavy atom. The lowest BCUT2D eigenvalue weighted by atomic mass is 9.90. The van der Waals surface area contributed by atoms with Gasteiger partial charge in [0, 0.05) is 28.2 Å². The highest BCUT2D eigenvalue weighted by atomic mass is 19.4. The number of aryl methyl sites for hydroxylation is 2. The minimum absolute atomic E-state index is 0.0806. The summed E-state index contributed by atoms with van der Waals surface area (Å²) in [5.41, 5.74) is 2.77. The zero-order valence-corrected chi connectivity index (χ0v) is 20.8. The predicted molar refractivity (Wildman–Crippen MR) is 130 cm³/mol. The van der Waals surface area contributed by atoms with Gasteiger partial charge in [-0.1, -0.05) is 19.9 Å². The van der Waals surface area contributed by atoms with E-state index in [-0.39, 0.29) is 23.4 Å². The molecule has 2 aromatic carbocycles. The number of nitrogens with one attached hydrogen (secondary N) is 1. The summed E-state index contributed by atoms with van der Waals surface area (Å²) in [5.74, 6) is 0. The minimum atomic E-state index is -6.19. The Kier molecular flexibility index (Phi) is 7.06. The zero-order chi connectivity index (χ0) is 28.0. The first-order chi connectivity index (χ1) is 17.7. The molecule has 0 radical (unpaired) electrons. The lowest BCUT2D eigenvalue weighted by Crippen LogP contribution is -2.50. The van der Waals surface area contributed by atoms with E-state index in [1.807, 2.05) is 13.0 Å². The van der Waals surface area contributed by atoms with Gasteiger partial charge in [-0.3, -0.25) is 0 Å². The van der Waals surface area contributed by atoms with E-state index in [9.17, 15) is 30.7 Å². The van der Waals surface area contributed by atoms with Crippen molar-refractivity contribution in [2.75, 3.05) is 0 Å². The number of halogens is 7. The van der Waals surface area contributed by atoms with Crippen molar-refractivity contribution in [1.82, 2.24) is 19.7 Å². The SMILES string of the molecule is CCc1cc(C(F)(C(F)(F)F)C(F)(F)F)cc2c(C)c(-c3ccc(-n4cncn4)c(CC(N)CC)c3)[nH]c12. The fourth-order valence-corrected chi connectivity index (χ4v) is 4.64. The van der Waals surface area contributed by atoms with Crippen molar-refractivity contribution < 1.29 is 30.7 Å². The molecule has 0 bridgehead atoms. The quantitative estimate of drug-likeness (QED) is 0.251. The molecular weight excluding hydrogens is 515 g/mol. The van der Waals surface area contributed by atoms with E-state index >= 15 is 0 Å². The summed E-state index contributed by atoms with van der Waals surface area (Å²) < 4.78 is 97.5. The van der Waals surface area contributed by atoms with Crippen LogP contribution in [0.2, 0.25) is 0 Å². The van der Waals surface area contributed by atoms with E-state index in [1.165, 1.54) is 12.7 Å². The monoisotopic (exact) mass is 541 g/mol.